The van der Waals surface area contributed by atoms with Crippen LogP contribution in [0.25, 0.3) is 0 Å². The highest BCUT2D eigenvalue weighted by molar-refractivity contribution is 9.10. The zero-order chi connectivity index (χ0) is 14.7. The molecular formula is C14H16BrNO3S. The lowest BCUT2D eigenvalue weighted by Gasteiger charge is -2.30. The van der Waals surface area contributed by atoms with Crippen LogP contribution in [0.15, 0.2) is 21.5 Å². The molecule has 0 saturated carbocycles. The molecule has 1 aromatic carbocycles. The van der Waals surface area contributed by atoms with E-state index >= 15 is 0 Å². The first-order valence-electron chi connectivity index (χ1n) is 6.44. The number of aliphatic carboxylic acids is 1. The molecule has 0 spiro atoms. The minimum absolute atomic E-state index is 0.00245. The zero-order valence-electron chi connectivity index (χ0n) is 11.2. The van der Waals surface area contributed by atoms with Gasteiger partial charge in [-0.3, -0.25) is 9.59 Å². The van der Waals surface area contributed by atoms with Crippen LogP contribution in [0.2, 0.25) is 0 Å². The van der Waals surface area contributed by atoms with Crippen molar-refractivity contribution in [2.24, 2.45) is 0 Å². The molecule has 0 unspecified atom stereocenters. The van der Waals surface area contributed by atoms with Gasteiger partial charge in [-0.05, 0) is 47.0 Å². The van der Waals surface area contributed by atoms with E-state index in [2.05, 4.69) is 22.0 Å². The summed E-state index contributed by atoms with van der Waals surface area (Å²) >= 11 is 5.28. The molecule has 0 aliphatic carbocycles. The Bertz CT molecular complexity index is 547. The second-order valence-corrected chi connectivity index (χ2v) is 6.73. The smallest absolute Gasteiger partial charge is 0.303 e. The summed E-state index contributed by atoms with van der Waals surface area (Å²) in [6.45, 7) is 2.70. The Morgan fingerprint density at radius 2 is 2.15 bits per heavy atom. The van der Waals surface area contributed by atoms with Crippen LogP contribution in [0, 0.1) is 6.92 Å². The number of fused-ring (bicyclic) bond motifs is 1. The maximum absolute atomic E-state index is 12.3. The number of carboxylic acids is 1. The van der Waals surface area contributed by atoms with Crippen LogP contribution in [-0.4, -0.2) is 29.3 Å². The predicted molar refractivity (Wildman–Crippen MR) is 83.4 cm³/mol. The van der Waals surface area contributed by atoms with E-state index in [0.29, 0.717) is 13.0 Å². The molecule has 1 N–H and O–H groups in total. The molecule has 0 fully saturated rings. The zero-order valence-corrected chi connectivity index (χ0v) is 13.6. The van der Waals surface area contributed by atoms with Crippen molar-refractivity contribution in [3.05, 3.63) is 22.2 Å². The Morgan fingerprint density at radius 3 is 2.85 bits per heavy atom. The number of carboxylic acid groups (broad SMARTS) is 1. The average molecular weight is 358 g/mol. The van der Waals surface area contributed by atoms with Gasteiger partial charge in [-0.1, -0.05) is 0 Å². The van der Waals surface area contributed by atoms with Crippen molar-refractivity contribution in [3.8, 4) is 0 Å². The average Bonchev–Trinajstić information content (AvgIpc) is 2.36. The lowest BCUT2D eigenvalue weighted by atomic mass is 10.1. The fourth-order valence-corrected chi connectivity index (χ4v) is 4.25. The van der Waals surface area contributed by atoms with Gasteiger partial charge in [0, 0.05) is 34.5 Å². The number of nitrogens with zero attached hydrogens (tertiary/aromatic N) is 1. The quantitative estimate of drug-likeness (QED) is 0.896. The van der Waals surface area contributed by atoms with E-state index in [1.807, 2.05) is 13.0 Å². The van der Waals surface area contributed by atoms with Crippen molar-refractivity contribution in [2.75, 3.05) is 17.2 Å². The lowest BCUT2D eigenvalue weighted by molar-refractivity contribution is -0.137. The molecule has 6 heteroatoms. The Balaban J connectivity index is 2.15. The number of amides is 1. The summed E-state index contributed by atoms with van der Waals surface area (Å²) < 4.78 is 0.922. The summed E-state index contributed by atoms with van der Waals surface area (Å²) in [7, 11) is 0. The van der Waals surface area contributed by atoms with Crippen LogP contribution < -0.4 is 4.90 Å². The van der Waals surface area contributed by atoms with Gasteiger partial charge in [-0.2, -0.15) is 0 Å². The molecule has 0 bridgehead atoms. The van der Waals surface area contributed by atoms with Gasteiger partial charge in [0.05, 0.1) is 5.69 Å². The maximum atomic E-state index is 12.3. The molecule has 1 aliphatic rings. The largest absolute Gasteiger partial charge is 0.481 e. The molecule has 1 aromatic rings. The number of carbonyl (C=O) groups excluding carboxylic acids is 1. The maximum Gasteiger partial charge on any atom is 0.303 e. The second-order valence-electron chi connectivity index (χ2n) is 4.73. The minimum atomic E-state index is -0.857. The van der Waals surface area contributed by atoms with E-state index in [1.165, 1.54) is 0 Å². The lowest BCUT2D eigenvalue weighted by Crippen LogP contribution is -2.35. The molecule has 1 amide bonds. The van der Waals surface area contributed by atoms with Crippen molar-refractivity contribution in [1.82, 2.24) is 0 Å². The van der Waals surface area contributed by atoms with Crippen molar-refractivity contribution in [1.29, 1.82) is 0 Å². The SMILES string of the molecule is Cc1cc(Br)c2c(c1)SCCN2C(=O)CCCC(=O)O. The molecule has 4 nitrogen and oxygen atoms in total. The Kier molecular flexibility index (Phi) is 5.10. The first-order chi connectivity index (χ1) is 9.49. The van der Waals surface area contributed by atoms with Gasteiger partial charge in [0.25, 0.3) is 0 Å². The Morgan fingerprint density at radius 1 is 1.40 bits per heavy atom. The minimum Gasteiger partial charge on any atom is -0.481 e. The third kappa shape index (κ3) is 3.55. The van der Waals surface area contributed by atoms with Gasteiger partial charge in [0.2, 0.25) is 5.91 Å². The number of rotatable bonds is 4. The van der Waals surface area contributed by atoms with Crippen LogP contribution in [0.1, 0.15) is 24.8 Å². The first-order valence-corrected chi connectivity index (χ1v) is 8.22. The van der Waals surface area contributed by atoms with E-state index < -0.39 is 5.97 Å². The Labute approximate surface area is 130 Å². The van der Waals surface area contributed by atoms with E-state index in [4.69, 9.17) is 5.11 Å². The van der Waals surface area contributed by atoms with Crippen molar-refractivity contribution in [3.63, 3.8) is 0 Å². The van der Waals surface area contributed by atoms with Crippen LogP contribution in [0.5, 0.6) is 0 Å². The number of anilines is 1. The monoisotopic (exact) mass is 357 g/mol. The summed E-state index contributed by atoms with van der Waals surface area (Å²) in [5.74, 6) is 0.00895. The Hall–Kier alpha value is -1.01. The second kappa shape index (κ2) is 6.63. The summed E-state index contributed by atoms with van der Waals surface area (Å²) in [5.41, 5.74) is 2.08. The summed E-state index contributed by atoms with van der Waals surface area (Å²) in [6.07, 6.45) is 0.698. The van der Waals surface area contributed by atoms with E-state index in [0.717, 1.165) is 26.4 Å². The van der Waals surface area contributed by atoms with Crippen molar-refractivity contribution in [2.45, 2.75) is 31.1 Å². The van der Waals surface area contributed by atoms with Crippen molar-refractivity contribution < 1.29 is 14.7 Å². The van der Waals surface area contributed by atoms with Crippen LogP contribution >= 0.6 is 27.7 Å². The number of hydrogen-bond donors (Lipinski definition) is 1. The highest BCUT2D eigenvalue weighted by Crippen LogP contribution is 2.41. The van der Waals surface area contributed by atoms with E-state index in [-0.39, 0.29) is 18.7 Å². The van der Waals surface area contributed by atoms with Gasteiger partial charge < -0.3 is 10.0 Å². The molecule has 20 heavy (non-hydrogen) atoms. The molecule has 0 saturated heterocycles. The fourth-order valence-electron chi connectivity index (χ4n) is 2.21. The molecule has 1 aliphatic heterocycles. The molecule has 108 valence electrons. The highest BCUT2D eigenvalue weighted by Gasteiger charge is 2.25. The highest BCUT2D eigenvalue weighted by atomic mass is 79.9. The van der Waals surface area contributed by atoms with E-state index in [9.17, 15) is 9.59 Å². The number of thioether (sulfide) groups is 1. The number of carbonyl (C=O) groups is 2. The summed E-state index contributed by atoms with van der Waals surface area (Å²) in [4.78, 5) is 25.7. The number of halogens is 1. The third-order valence-electron chi connectivity index (χ3n) is 3.10. The first kappa shape index (κ1) is 15.4. The topological polar surface area (TPSA) is 57.6 Å². The molecular weight excluding hydrogens is 342 g/mol. The molecule has 0 aromatic heterocycles. The van der Waals surface area contributed by atoms with Crippen LogP contribution in [0.4, 0.5) is 5.69 Å². The van der Waals surface area contributed by atoms with Gasteiger partial charge >= 0.3 is 5.97 Å². The van der Waals surface area contributed by atoms with Crippen molar-refractivity contribution >= 4 is 45.3 Å². The van der Waals surface area contributed by atoms with Gasteiger partial charge in [0.1, 0.15) is 0 Å². The predicted octanol–water partition coefficient (Wildman–Crippen LogP) is 3.45. The van der Waals surface area contributed by atoms with Gasteiger partial charge in [0.15, 0.2) is 0 Å². The summed E-state index contributed by atoms with van der Waals surface area (Å²) in [6, 6.07) is 4.09. The molecule has 0 atom stereocenters. The molecule has 2 rings (SSSR count). The third-order valence-corrected chi connectivity index (χ3v) is 4.71. The summed E-state index contributed by atoms with van der Waals surface area (Å²) in [5, 5.41) is 8.63. The standard InChI is InChI=1S/C14H16BrNO3S/c1-9-7-10(15)14-11(8-9)20-6-5-16(14)12(17)3-2-4-13(18)19/h7-8H,2-6H2,1H3,(H,18,19). The number of hydrogen-bond acceptors (Lipinski definition) is 3. The number of benzene rings is 1. The van der Waals surface area contributed by atoms with Crippen LogP contribution in [-0.2, 0) is 9.59 Å². The van der Waals surface area contributed by atoms with E-state index in [1.54, 1.807) is 16.7 Å². The van der Waals surface area contributed by atoms with Gasteiger partial charge in [-0.15, -0.1) is 11.8 Å². The molecule has 1 heterocycles. The molecule has 0 radical (unpaired) electrons. The fraction of sp³-hybridized carbons (Fsp3) is 0.429. The van der Waals surface area contributed by atoms with Gasteiger partial charge in [-0.25, -0.2) is 0 Å². The normalized spacial score (nSPS) is 14.0. The van der Waals surface area contributed by atoms with Crippen LogP contribution in [0.3, 0.4) is 0 Å². The number of aryl methyl sites for hydroxylation is 1.